The number of aromatic nitrogens is 3. The van der Waals surface area contributed by atoms with Crippen LogP contribution in [0.25, 0.3) is 11.0 Å². The van der Waals surface area contributed by atoms with Crippen molar-refractivity contribution in [3.63, 3.8) is 0 Å². The normalized spacial score (nSPS) is 14.6. The first-order chi connectivity index (χ1) is 19.2. The number of ether oxygens (including phenoxy) is 1. The van der Waals surface area contributed by atoms with E-state index in [-0.39, 0.29) is 40.9 Å². The highest BCUT2D eigenvalue weighted by atomic mass is 19.4. The van der Waals surface area contributed by atoms with E-state index in [2.05, 4.69) is 25.9 Å². The molecule has 2 aromatic heterocycles. The van der Waals surface area contributed by atoms with E-state index < -0.39 is 17.8 Å². The molecule has 0 saturated carbocycles. The fourth-order valence-electron chi connectivity index (χ4n) is 4.59. The first kappa shape index (κ1) is 27.2. The van der Waals surface area contributed by atoms with Gasteiger partial charge in [-0.25, -0.2) is 9.78 Å². The number of carbonyl (C=O) groups is 1. The molecule has 0 aliphatic carbocycles. The lowest BCUT2D eigenvalue weighted by Gasteiger charge is -2.22. The van der Waals surface area contributed by atoms with Crippen molar-refractivity contribution >= 4 is 28.4 Å². The van der Waals surface area contributed by atoms with Gasteiger partial charge in [-0.05, 0) is 55.4 Å². The molecule has 0 unspecified atom stereocenters. The van der Waals surface area contributed by atoms with Crippen LogP contribution < -0.4 is 20.7 Å². The number of benzene rings is 2. The number of aromatic hydroxyl groups is 1. The lowest BCUT2D eigenvalue weighted by molar-refractivity contribution is -0.138. The Morgan fingerprint density at radius 2 is 1.95 bits per heavy atom. The molecule has 40 heavy (non-hydrogen) atoms. The number of carbonyl (C=O) groups excluding carboxylic acids is 1. The van der Waals surface area contributed by atoms with Crippen molar-refractivity contribution in [2.45, 2.75) is 19.1 Å². The Labute approximate surface area is 227 Å². The Hall–Kier alpha value is -4.36. The van der Waals surface area contributed by atoms with E-state index in [0.717, 1.165) is 25.6 Å². The van der Waals surface area contributed by atoms with Crippen LogP contribution in [0.2, 0.25) is 0 Å². The number of hydrogen-bond acceptors (Lipinski definition) is 7. The van der Waals surface area contributed by atoms with Crippen LogP contribution in [0.4, 0.5) is 29.3 Å². The summed E-state index contributed by atoms with van der Waals surface area (Å²) in [5.74, 6) is 0.241. The van der Waals surface area contributed by atoms with Gasteiger partial charge in [-0.3, -0.25) is 4.90 Å². The van der Waals surface area contributed by atoms with Gasteiger partial charge in [-0.1, -0.05) is 6.07 Å². The van der Waals surface area contributed by atoms with Crippen molar-refractivity contribution in [1.29, 1.82) is 0 Å². The number of nitrogens with zero attached hydrogens (tertiary/aromatic N) is 4. The third-order valence-corrected chi connectivity index (χ3v) is 6.56. The third kappa shape index (κ3) is 6.26. The highest BCUT2D eigenvalue weighted by Crippen LogP contribution is 2.35. The molecule has 5 rings (SSSR count). The number of fused-ring (bicyclic) bond motifs is 1. The summed E-state index contributed by atoms with van der Waals surface area (Å²) < 4.78 is 49.2. The Morgan fingerprint density at radius 1 is 1.10 bits per heavy atom. The second-order valence-corrected chi connectivity index (χ2v) is 9.45. The molecule has 0 bridgehead atoms. The van der Waals surface area contributed by atoms with Gasteiger partial charge in [-0.15, -0.1) is 0 Å². The summed E-state index contributed by atoms with van der Waals surface area (Å²) in [6.45, 7) is 3.08. The van der Waals surface area contributed by atoms with E-state index in [1.54, 1.807) is 4.57 Å². The molecular weight excluding hydrogens is 527 g/mol. The number of phenols is 1. The van der Waals surface area contributed by atoms with Crippen LogP contribution in [0.3, 0.4) is 0 Å². The Morgan fingerprint density at radius 3 is 2.75 bits per heavy atom. The van der Waals surface area contributed by atoms with Crippen molar-refractivity contribution in [3.05, 3.63) is 66.1 Å². The topological polar surface area (TPSA) is 117 Å². The van der Waals surface area contributed by atoms with E-state index in [1.807, 2.05) is 24.2 Å². The van der Waals surface area contributed by atoms with E-state index in [4.69, 9.17) is 4.74 Å². The smallest absolute Gasteiger partial charge is 0.416 e. The number of anilines is 2. The summed E-state index contributed by atoms with van der Waals surface area (Å²) in [6, 6.07) is 8.96. The van der Waals surface area contributed by atoms with Gasteiger partial charge in [0, 0.05) is 44.6 Å². The minimum absolute atomic E-state index is 0.0269. The highest BCUT2D eigenvalue weighted by molar-refractivity contribution is 6.00. The minimum atomic E-state index is -4.59. The minimum Gasteiger partial charge on any atom is -0.506 e. The summed E-state index contributed by atoms with van der Waals surface area (Å²) in [5.41, 5.74) is 0.706. The van der Waals surface area contributed by atoms with Crippen molar-refractivity contribution in [3.8, 4) is 17.4 Å². The first-order valence-corrected chi connectivity index (χ1v) is 12.7. The molecule has 1 aliphatic heterocycles. The van der Waals surface area contributed by atoms with Gasteiger partial charge >= 0.3 is 12.2 Å². The molecule has 210 valence electrons. The molecule has 0 spiro atoms. The predicted octanol–water partition coefficient (Wildman–Crippen LogP) is 4.92. The van der Waals surface area contributed by atoms with Crippen molar-refractivity contribution in [1.82, 2.24) is 24.8 Å². The average molecular weight is 556 g/mol. The quantitative estimate of drug-likeness (QED) is 0.250. The zero-order chi connectivity index (χ0) is 28.3. The summed E-state index contributed by atoms with van der Waals surface area (Å²) >= 11 is 0. The summed E-state index contributed by atoms with van der Waals surface area (Å²) in [4.78, 5) is 22.9. The number of alkyl halides is 3. The van der Waals surface area contributed by atoms with Gasteiger partial charge < -0.3 is 30.4 Å². The van der Waals surface area contributed by atoms with Crippen LogP contribution in [-0.2, 0) is 19.8 Å². The van der Waals surface area contributed by atoms with E-state index >= 15 is 0 Å². The van der Waals surface area contributed by atoms with Gasteiger partial charge in [0.05, 0.1) is 16.8 Å². The van der Waals surface area contributed by atoms with Crippen LogP contribution in [0, 0.1) is 0 Å². The maximum absolute atomic E-state index is 13.9. The zero-order valence-corrected chi connectivity index (χ0v) is 21.6. The zero-order valence-electron chi connectivity index (χ0n) is 21.6. The Balaban J connectivity index is 1.26. The third-order valence-electron chi connectivity index (χ3n) is 6.56. The number of phenolic OH excluding ortho intramolecular Hbond substituents is 1. The summed E-state index contributed by atoms with van der Waals surface area (Å²) in [6.07, 6.45) is -0.552. The van der Waals surface area contributed by atoms with Crippen LogP contribution in [0.1, 0.15) is 17.5 Å². The number of urea groups is 1. The lowest BCUT2D eigenvalue weighted by Crippen LogP contribution is -2.28. The van der Waals surface area contributed by atoms with E-state index in [0.29, 0.717) is 24.1 Å². The molecule has 0 atom stereocenters. The molecule has 13 heteroatoms. The number of amides is 2. The number of hydrogen-bond donors (Lipinski definition) is 4. The molecule has 1 aliphatic rings. The predicted molar refractivity (Wildman–Crippen MR) is 144 cm³/mol. The Kier molecular flexibility index (Phi) is 7.76. The molecule has 2 aromatic carbocycles. The van der Waals surface area contributed by atoms with Crippen LogP contribution in [0.15, 0.2) is 55.0 Å². The lowest BCUT2D eigenvalue weighted by atomic mass is 10.0. The van der Waals surface area contributed by atoms with Crippen molar-refractivity contribution < 1.29 is 27.8 Å². The number of halogens is 3. The summed E-state index contributed by atoms with van der Waals surface area (Å²) in [7, 11) is 1.82. The summed E-state index contributed by atoms with van der Waals surface area (Å²) in [5, 5.41) is 18.6. The fourth-order valence-corrected chi connectivity index (χ4v) is 4.59. The van der Waals surface area contributed by atoms with Gasteiger partial charge in [0.1, 0.15) is 23.3 Å². The molecule has 1 saturated heterocycles. The second kappa shape index (κ2) is 11.4. The maximum atomic E-state index is 13.9. The van der Waals surface area contributed by atoms with Gasteiger partial charge in [0.25, 0.3) is 0 Å². The molecule has 2 amide bonds. The molecule has 4 N–H and O–H groups in total. The molecule has 10 nitrogen and oxygen atoms in total. The molecule has 3 heterocycles. The molecule has 1 fully saturated rings. The fraction of sp³-hybridized carbons (Fsp3) is 0.296. The molecule has 4 aromatic rings. The van der Waals surface area contributed by atoms with Gasteiger partial charge in [0.2, 0.25) is 5.88 Å². The van der Waals surface area contributed by atoms with Gasteiger partial charge in [-0.2, -0.15) is 18.2 Å². The van der Waals surface area contributed by atoms with Gasteiger partial charge in [0.15, 0.2) is 0 Å². The highest BCUT2D eigenvalue weighted by Gasteiger charge is 2.34. The maximum Gasteiger partial charge on any atom is 0.416 e. The van der Waals surface area contributed by atoms with Crippen LogP contribution in [0.5, 0.6) is 17.4 Å². The van der Waals surface area contributed by atoms with Crippen molar-refractivity contribution in [2.75, 3.05) is 36.8 Å². The Bertz CT molecular complexity index is 1520. The van der Waals surface area contributed by atoms with E-state index in [9.17, 15) is 23.1 Å². The number of aryl methyl sites for hydroxylation is 1. The van der Waals surface area contributed by atoms with Crippen molar-refractivity contribution in [2.24, 2.45) is 7.05 Å². The number of nitrogens with one attached hydrogen (secondary N) is 3. The molecular formula is C27H28F3N7O3. The average Bonchev–Trinajstić information content (AvgIpc) is 3.11. The SMILES string of the molecule is Cn1ccc2ncnc(Oc3ccc(NC(=O)Nc4ccc(CN5CCCNCC5)c(C(F)(F)F)c4)c(O)c3)c21. The largest absolute Gasteiger partial charge is 0.506 e. The first-order valence-electron chi connectivity index (χ1n) is 12.7. The standard InChI is InChI=1S/C27H28F3N7O3/c1-36-11-7-22-24(36)25(33-16-32-22)40-19-5-6-21(23(38)14-19)35-26(39)34-18-4-3-17(20(13-18)27(28,29)30)15-37-10-2-8-31-9-12-37/h3-7,11,13-14,16,31,38H,2,8-10,12,15H2,1H3,(H2,34,35,39). The molecule has 0 radical (unpaired) electrons. The van der Waals surface area contributed by atoms with Crippen LogP contribution >= 0.6 is 0 Å². The second-order valence-electron chi connectivity index (χ2n) is 9.45. The number of rotatable bonds is 6. The van der Waals surface area contributed by atoms with E-state index in [1.165, 1.54) is 36.7 Å². The van der Waals surface area contributed by atoms with Crippen LogP contribution in [-0.4, -0.2) is 56.8 Å². The monoisotopic (exact) mass is 555 g/mol.